The fourth-order valence-corrected chi connectivity index (χ4v) is 5.47. The molecule has 2 aromatic rings. The van der Waals surface area contributed by atoms with Crippen molar-refractivity contribution in [3.63, 3.8) is 0 Å². The summed E-state index contributed by atoms with van der Waals surface area (Å²) in [7, 11) is 0. The van der Waals surface area contributed by atoms with Gasteiger partial charge in [-0.05, 0) is 38.2 Å². The molecule has 0 fully saturated rings. The fourth-order valence-electron chi connectivity index (χ4n) is 2.54. The van der Waals surface area contributed by atoms with E-state index in [1.165, 1.54) is 39.3 Å². The van der Waals surface area contributed by atoms with Gasteiger partial charge in [-0.25, -0.2) is 0 Å². The van der Waals surface area contributed by atoms with Gasteiger partial charge >= 0.3 is 0 Å². The lowest BCUT2D eigenvalue weighted by atomic mass is 9.95. The Morgan fingerprint density at radius 1 is 1.26 bits per heavy atom. The predicted octanol–water partition coefficient (Wildman–Crippen LogP) is 2.62. The molecule has 6 nitrogen and oxygen atoms in total. The van der Waals surface area contributed by atoms with Gasteiger partial charge in [0.05, 0.1) is 11.3 Å². The maximum Gasteiger partial charge on any atom is 0.251 e. The standard InChI is InChI=1S/C14H16N4O2S3/c1-7-17-18-14(22-7)21-6-10(19)16-13-11(12(15)20)8-4-2-3-5-9(8)23-13/h2-6H2,1H3,(H2,15,20)(H,16,19). The number of aromatic nitrogens is 2. The molecule has 0 aromatic carbocycles. The van der Waals surface area contributed by atoms with Crippen LogP contribution in [-0.2, 0) is 17.6 Å². The molecule has 3 N–H and O–H groups in total. The van der Waals surface area contributed by atoms with Crippen LogP contribution in [0, 0.1) is 6.92 Å². The molecular weight excluding hydrogens is 352 g/mol. The number of fused-ring (bicyclic) bond motifs is 1. The van der Waals surface area contributed by atoms with Crippen molar-refractivity contribution in [2.45, 2.75) is 36.9 Å². The van der Waals surface area contributed by atoms with Gasteiger partial charge in [-0.2, -0.15) is 0 Å². The Hall–Kier alpha value is -1.45. The molecule has 0 atom stereocenters. The number of thioether (sulfide) groups is 1. The van der Waals surface area contributed by atoms with Gasteiger partial charge in [0, 0.05) is 4.88 Å². The largest absolute Gasteiger partial charge is 0.365 e. The van der Waals surface area contributed by atoms with Gasteiger partial charge in [0.2, 0.25) is 5.91 Å². The van der Waals surface area contributed by atoms with Crippen LogP contribution < -0.4 is 11.1 Å². The van der Waals surface area contributed by atoms with Crippen LogP contribution in [0.4, 0.5) is 5.00 Å². The van der Waals surface area contributed by atoms with E-state index in [-0.39, 0.29) is 11.7 Å². The molecule has 2 amide bonds. The van der Waals surface area contributed by atoms with Crippen molar-refractivity contribution in [3.8, 4) is 0 Å². The number of anilines is 1. The average molecular weight is 369 g/mol. The monoisotopic (exact) mass is 368 g/mol. The van der Waals surface area contributed by atoms with Crippen LogP contribution in [0.5, 0.6) is 0 Å². The van der Waals surface area contributed by atoms with E-state index in [0.29, 0.717) is 10.6 Å². The number of hydrogen-bond acceptors (Lipinski definition) is 7. The van der Waals surface area contributed by atoms with Gasteiger partial charge in [-0.1, -0.05) is 23.1 Å². The highest BCUT2D eigenvalue weighted by Crippen LogP contribution is 2.38. The number of nitrogens with zero attached hydrogens (tertiary/aromatic N) is 2. The highest BCUT2D eigenvalue weighted by Gasteiger charge is 2.24. The number of carbonyl (C=O) groups excluding carboxylic acids is 2. The smallest absolute Gasteiger partial charge is 0.251 e. The van der Waals surface area contributed by atoms with Crippen LogP contribution >= 0.6 is 34.4 Å². The third-order valence-electron chi connectivity index (χ3n) is 3.50. The van der Waals surface area contributed by atoms with Crippen molar-refractivity contribution >= 4 is 51.3 Å². The molecule has 1 aliphatic carbocycles. The number of carbonyl (C=O) groups is 2. The molecule has 9 heteroatoms. The SMILES string of the molecule is Cc1nnc(SCC(=O)Nc2sc3c(c2C(N)=O)CCCC3)s1. The highest BCUT2D eigenvalue weighted by molar-refractivity contribution is 8.01. The lowest BCUT2D eigenvalue weighted by Gasteiger charge is -2.11. The van der Waals surface area contributed by atoms with Crippen LogP contribution in [-0.4, -0.2) is 27.8 Å². The summed E-state index contributed by atoms with van der Waals surface area (Å²) in [5.74, 6) is -0.397. The van der Waals surface area contributed by atoms with E-state index in [4.69, 9.17) is 5.73 Å². The second-order valence-corrected chi connectivity index (χ2v) is 8.71. The second-order valence-electron chi connectivity index (χ2n) is 5.20. The van der Waals surface area contributed by atoms with Gasteiger partial charge < -0.3 is 11.1 Å². The summed E-state index contributed by atoms with van der Waals surface area (Å²) >= 11 is 4.27. The van der Waals surface area contributed by atoms with E-state index in [0.717, 1.165) is 40.6 Å². The molecule has 0 aliphatic heterocycles. The lowest BCUT2D eigenvalue weighted by molar-refractivity contribution is -0.113. The normalized spacial score (nSPS) is 13.6. The van der Waals surface area contributed by atoms with Crippen LogP contribution in [0.25, 0.3) is 0 Å². The molecule has 0 saturated heterocycles. The molecule has 1 aliphatic rings. The van der Waals surface area contributed by atoms with Gasteiger partial charge in [-0.15, -0.1) is 21.5 Å². The van der Waals surface area contributed by atoms with Gasteiger partial charge in [0.25, 0.3) is 5.91 Å². The van der Waals surface area contributed by atoms with Crippen LogP contribution in [0.2, 0.25) is 0 Å². The number of nitrogens with one attached hydrogen (secondary N) is 1. The quantitative estimate of drug-likeness (QED) is 0.791. The first-order valence-electron chi connectivity index (χ1n) is 7.21. The molecule has 0 spiro atoms. The molecular formula is C14H16N4O2S3. The zero-order valence-corrected chi connectivity index (χ0v) is 15.0. The molecule has 0 unspecified atom stereocenters. The van der Waals surface area contributed by atoms with E-state index < -0.39 is 5.91 Å². The summed E-state index contributed by atoms with van der Waals surface area (Å²) in [5.41, 5.74) is 7.04. The fraction of sp³-hybridized carbons (Fsp3) is 0.429. The van der Waals surface area contributed by atoms with Crippen molar-refractivity contribution in [1.29, 1.82) is 0 Å². The maximum atomic E-state index is 12.2. The third-order valence-corrected chi connectivity index (χ3v) is 6.68. The Balaban J connectivity index is 1.70. The highest BCUT2D eigenvalue weighted by atomic mass is 32.2. The molecule has 0 radical (unpaired) electrons. The van der Waals surface area contributed by atoms with Gasteiger partial charge in [0.1, 0.15) is 10.0 Å². The Morgan fingerprint density at radius 2 is 2.04 bits per heavy atom. The number of amides is 2. The molecule has 0 saturated carbocycles. The Labute approximate surface area is 145 Å². The zero-order valence-electron chi connectivity index (χ0n) is 12.5. The Bertz CT molecular complexity index is 753. The molecule has 3 rings (SSSR count). The van der Waals surface area contributed by atoms with Gasteiger partial charge in [0.15, 0.2) is 4.34 Å². The summed E-state index contributed by atoms with van der Waals surface area (Å²) in [6.07, 6.45) is 3.99. The maximum absolute atomic E-state index is 12.2. The van der Waals surface area contributed by atoms with Crippen LogP contribution in [0.1, 0.15) is 38.6 Å². The first kappa shape index (κ1) is 16.4. The number of aryl methyl sites for hydroxylation is 2. The zero-order chi connectivity index (χ0) is 16.4. The number of primary amides is 1. The van der Waals surface area contributed by atoms with E-state index in [1.807, 2.05) is 6.92 Å². The summed E-state index contributed by atoms with van der Waals surface area (Å²) in [4.78, 5) is 25.1. The topological polar surface area (TPSA) is 98.0 Å². The van der Waals surface area contributed by atoms with Crippen molar-refractivity contribution in [3.05, 3.63) is 21.0 Å². The van der Waals surface area contributed by atoms with Crippen LogP contribution in [0.3, 0.4) is 0 Å². The number of thiophene rings is 1. The molecule has 2 aromatic heterocycles. The van der Waals surface area contributed by atoms with E-state index in [1.54, 1.807) is 0 Å². The van der Waals surface area contributed by atoms with E-state index in [9.17, 15) is 9.59 Å². The molecule has 23 heavy (non-hydrogen) atoms. The molecule has 122 valence electrons. The summed E-state index contributed by atoms with van der Waals surface area (Å²) < 4.78 is 0.762. The second kappa shape index (κ2) is 6.98. The molecule has 0 bridgehead atoms. The number of hydrogen-bond donors (Lipinski definition) is 2. The van der Waals surface area contributed by atoms with E-state index in [2.05, 4.69) is 15.5 Å². The summed E-state index contributed by atoms with van der Waals surface area (Å²) in [6, 6.07) is 0. The lowest BCUT2D eigenvalue weighted by Crippen LogP contribution is -2.19. The average Bonchev–Trinajstić information content (AvgIpc) is 3.08. The number of nitrogens with two attached hydrogens (primary N) is 1. The van der Waals surface area contributed by atoms with Crippen molar-refractivity contribution in [2.24, 2.45) is 5.73 Å². The first-order chi connectivity index (χ1) is 11.0. The van der Waals surface area contributed by atoms with Gasteiger partial charge in [-0.3, -0.25) is 9.59 Å². The molecule has 2 heterocycles. The Morgan fingerprint density at radius 3 is 2.74 bits per heavy atom. The van der Waals surface area contributed by atoms with Crippen molar-refractivity contribution in [2.75, 3.05) is 11.1 Å². The predicted molar refractivity (Wildman–Crippen MR) is 93.5 cm³/mol. The first-order valence-corrected chi connectivity index (χ1v) is 9.83. The van der Waals surface area contributed by atoms with Crippen LogP contribution in [0.15, 0.2) is 4.34 Å². The third kappa shape index (κ3) is 3.73. The minimum Gasteiger partial charge on any atom is -0.365 e. The minimum absolute atomic E-state index is 0.163. The Kier molecular flexibility index (Phi) is 4.98. The minimum atomic E-state index is -0.466. The summed E-state index contributed by atoms with van der Waals surface area (Å²) in [6.45, 7) is 1.87. The number of rotatable bonds is 5. The van der Waals surface area contributed by atoms with Crippen molar-refractivity contribution in [1.82, 2.24) is 10.2 Å². The van der Waals surface area contributed by atoms with Crippen molar-refractivity contribution < 1.29 is 9.59 Å². The van der Waals surface area contributed by atoms with E-state index >= 15 is 0 Å². The summed E-state index contributed by atoms with van der Waals surface area (Å²) in [5, 5.41) is 12.2.